The number of aryl methyl sites for hydroxylation is 2. The van der Waals surface area contributed by atoms with E-state index in [-0.39, 0.29) is 11.3 Å². The van der Waals surface area contributed by atoms with E-state index in [1.807, 2.05) is 36.6 Å². The Hall–Kier alpha value is -1.55. The summed E-state index contributed by atoms with van der Waals surface area (Å²) in [7, 11) is 1.39. The molecular weight excluding hydrogens is 264 g/mol. The predicted molar refractivity (Wildman–Crippen MR) is 75.4 cm³/mol. The molecule has 102 valence electrons. The Kier molecular flexibility index (Phi) is 4.10. The van der Waals surface area contributed by atoms with Crippen LogP contribution in [0.4, 0.5) is 0 Å². The minimum absolute atomic E-state index is 0.204. The average molecular weight is 281 g/mol. The second-order valence-electron chi connectivity index (χ2n) is 4.51. The average Bonchev–Trinajstić information content (AvgIpc) is 2.76. The predicted octanol–water partition coefficient (Wildman–Crippen LogP) is 3.21. The lowest BCUT2D eigenvalue weighted by Gasteiger charge is -2.09. The molecule has 0 aliphatic carbocycles. The number of hydrogen-bond acceptors (Lipinski definition) is 3. The Morgan fingerprint density at radius 3 is 2.89 bits per heavy atom. The molecule has 0 fully saturated rings. The SMILES string of the molecule is COC(=O)CCn1c(C(C)Cl)nc2c(C)cccc21. The Balaban J connectivity index is 2.46. The van der Waals surface area contributed by atoms with E-state index >= 15 is 0 Å². The molecule has 1 aromatic carbocycles. The molecule has 1 aromatic heterocycles. The van der Waals surface area contributed by atoms with Gasteiger partial charge < -0.3 is 9.30 Å². The molecule has 5 heteroatoms. The monoisotopic (exact) mass is 280 g/mol. The van der Waals surface area contributed by atoms with Gasteiger partial charge in [-0.25, -0.2) is 4.98 Å². The first-order chi connectivity index (χ1) is 9.04. The summed E-state index contributed by atoms with van der Waals surface area (Å²) in [5.74, 6) is 0.553. The van der Waals surface area contributed by atoms with Crippen LogP contribution in [-0.2, 0) is 16.1 Å². The maximum Gasteiger partial charge on any atom is 0.307 e. The van der Waals surface area contributed by atoms with Crippen LogP contribution in [0.1, 0.15) is 30.1 Å². The minimum atomic E-state index is -0.234. The van der Waals surface area contributed by atoms with Gasteiger partial charge in [0.15, 0.2) is 0 Å². The van der Waals surface area contributed by atoms with Gasteiger partial charge in [-0.1, -0.05) is 12.1 Å². The molecule has 1 atom stereocenters. The zero-order valence-corrected chi connectivity index (χ0v) is 12.1. The highest BCUT2D eigenvalue weighted by Gasteiger charge is 2.16. The number of methoxy groups -OCH3 is 1. The summed E-state index contributed by atoms with van der Waals surface area (Å²) in [6.07, 6.45) is 0.312. The number of rotatable bonds is 4. The van der Waals surface area contributed by atoms with Crippen molar-refractivity contribution < 1.29 is 9.53 Å². The molecule has 0 aliphatic heterocycles. The number of carbonyl (C=O) groups is 1. The quantitative estimate of drug-likeness (QED) is 0.638. The Morgan fingerprint density at radius 2 is 2.26 bits per heavy atom. The maximum absolute atomic E-state index is 11.3. The number of benzene rings is 1. The van der Waals surface area contributed by atoms with Gasteiger partial charge in [0, 0.05) is 6.54 Å². The third-order valence-corrected chi connectivity index (χ3v) is 3.33. The first kappa shape index (κ1) is 13.9. The molecule has 0 radical (unpaired) electrons. The van der Waals surface area contributed by atoms with Gasteiger partial charge >= 0.3 is 5.97 Å². The Morgan fingerprint density at radius 1 is 1.53 bits per heavy atom. The molecule has 1 heterocycles. The lowest BCUT2D eigenvalue weighted by atomic mass is 10.2. The van der Waals surface area contributed by atoms with Crippen LogP contribution in [-0.4, -0.2) is 22.6 Å². The highest BCUT2D eigenvalue weighted by molar-refractivity contribution is 6.20. The summed E-state index contributed by atoms with van der Waals surface area (Å²) in [5, 5.41) is -0.204. The van der Waals surface area contributed by atoms with Crippen molar-refractivity contribution in [3.63, 3.8) is 0 Å². The van der Waals surface area contributed by atoms with Gasteiger partial charge in [0.2, 0.25) is 0 Å². The summed E-state index contributed by atoms with van der Waals surface area (Å²) in [4.78, 5) is 15.9. The van der Waals surface area contributed by atoms with Gasteiger partial charge in [0.25, 0.3) is 0 Å². The summed E-state index contributed by atoms with van der Waals surface area (Å²) < 4.78 is 6.68. The van der Waals surface area contributed by atoms with Crippen LogP contribution in [0.15, 0.2) is 18.2 Å². The lowest BCUT2D eigenvalue weighted by molar-refractivity contribution is -0.140. The summed E-state index contributed by atoms with van der Waals surface area (Å²) >= 11 is 6.18. The molecule has 0 amide bonds. The smallest absolute Gasteiger partial charge is 0.307 e. The minimum Gasteiger partial charge on any atom is -0.469 e. The van der Waals surface area contributed by atoms with Gasteiger partial charge in [0.05, 0.1) is 29.9 Å². The molecular formula is C14H17ClN2O2. The number of imidazole rings is 1. The molecule has 0 bridgehead atoms. The fraction of sp³-hybridized carbons (Fsp3) is 0.429. The van der Waals surface area contributed by atoms with Gasteiger partial charge in [-0.15, -0.1) is 11.6 Å². The van der Waals surface area contributed by atoms with Crippen molar-refractivity contribution in [2.75, 3.05) is 7.11 Å². The van der Waals surface area contributed by atoms with Gasteiger partial charge in [-0.2, -0.15) is 0 Å². The molecule has 4 nitrogen and oxygen atoms in total. The zero-order valence-electron chi connectivity index (χ0n) is 11.3. The summed E-state index contributed by atoms with van der Waals surface area (Å²) in [6, 6.07) is 5.99. The second-order valence-corrected chi connectivity index (χ2v) is 5.16. The fourth-order valence-electron chi connectivity index (χ4n) is 2.15. The van der Waals surface area contributed by atoms with E-state index in [9.17, 15) is 4.79 Å². The van der Waals surface area contributed by atoms with Crippen molar-refractivity contribution in [2.24, 2.45) is 0 Å². The van der Waals surface area contributed by atoms with E-state index in [1.54, 1.807) is 0 Å². The van der Waals surface area contributed by atoms with E-state index in [0.717, 1.165) is 22.4 Å². The van der Waals surface area contributed by atoms with Crippen molar-refractivity contribution in [3.8, 4) is 0 Å². The highest BCUT2D eigenvalue weighted by Crippen LogP contribution is 2.26. The zero-order chi connectivity index (χ0) is 14.0. The third-order valence-electron chi connectivity index (χ3n) is 3.13. The van der Waals surface area contributed by atoms with Crippen molar-refractivity contribution in [1.29, 1.82) is 0 Å². The largest absolute Gasteiger partial charge is 0.469 e. The van der Waals surface area contributed by atoms with Crippen molar-refractivity contribution in [1.82, 2.24) is 9.55 Å². The number of ether oxygens (including phenoxy) is 1. The highest BCUT2D eigenvalue weighted by atomic mass is 35.5. The molecule has 2 aromatic rings. The van der Waals surface area contributed by atoms with E-state index in [2.05, 4.69) is 9.72 Å². The topological polar surface area (TPSA) is 44.1 Å². The van der Waals surface area contributed by atoms with Crippen LogP contribution in [0.25, 0.3) is 11.0 Å². The van der Waals surface area contributed by atoms with Crippen molar-refractivity contribution in [3.05, 3.63) is 29.6 Å². The Labute approximate surface area is 117 Å². The first-order valence-corrected chi connectivity index (χ1v) is 6.65. The number of carbonyl (C=O) groups excluding carboxylic acids is 1. The molecule has 0 N–H and O–H groups in total. The van der Waals surface area contributed by atoms with Gasteiger partial charge in [0.1, 0.15) is 5.82 Å². The van der Waals surface area contributed by atoms with Crippen LogP contribution in [0.5, 0.6) is 0 Å². The van der Waals surface area contributed by atoms with Crippen LogP contribution in [0, 0.1) is 6.92 Å². The van der Waals surface area contributed by atoms with Crippen LogP contribution in [0.2, 0.25) is 0 Å². The molecule has 19 heavy (non-hydrogen) atoms. The molecule has 0 spiro atoms. The summed E-state index contributed by atoms with van der Waals surface area (Å²) in [5.41, 5.74) is 3.05. The first-order valence-electron chi connectivity index (χ1n) is 6.21. The molecule has 0 saturated heterocycles. The molecule has 2 rings (SSSR count). The lowest BCUT2D eigenvalue weighted by Crippen LogP contribution is -2.10. The number of halogens is 1. The third kappa shape index (κ3) is 2.73. The molecule has 0 saturated carbocycles. The van der Waals surface area contributed by atoms with Crippen molar-refractivity contribution in [2.45, 2.75) is 32.2 Å². The maximum atomic E-state index is 11.3. The van der Waals surface area contributed by atoms with Crippen molar-refractivity contribution >= 4 is 28.6 Å². The van der Waals surface area contributed by atoms with E-state index in [0.29, 0.717) is 13.0 Å². The van der Waals surface area contributed by atoms with Crippen LogP contribution < -0.4 is 0 Å². The standard InChI is InChI=1S/C14H17ClN2O2/c1-9-5-4-6-11-13(9)16-14(10(2)15)17(11)8-7-12(18)19-3/h4-6,10H,7-8H2,1-3H3. The van der Waals surface area contributed by atoms with Crippen LogP contribution >= 0.6 is 11.6 Å². The number of hydrogen-bond donors (Lipinski definition) is 0. The van der Waals surface area contributed by atoms with E-state index in [1.165, 1.54) is 7.11 Å². The number of esters is 1. The number of nitrogens with zero attached hydrogens (tertiary/aromatic N) is 2. The van der Waals surface area contributed by atoms with Gasteiger partial charge in [-0.05, 0) is 25.5 Å². The summed E-state index contributed by atoms with van der Waals surface area (Å²) in [6.45, 7) is 4.43. The Bertz CT molecular complexity index is 605. The number of fused-ring (bicyclic) bond motifs is 1. The fourth-order valence-corrected chi connectivity index (χ4v) is 2.32. The van der Waals surface area contributed by atoms with E-state index in [4.69, 9.17) is 11.6 Å². The number of aromatic nitrogens is 2. The van der Waals surface area contributed by atoms with E-state index < -0.39 is 0 Å². The second kappa shape index (κ2) is 5.61. The number of alkyl halides is 1. The van der Waals surface area contributed by atoms with Gasteiger partial charge in [-0.3, -0.25) is 4.79 Å². The molecule has 1 unspecified atom stereocenters. The number of para-hydroxylation sites is 1. The normalized spacial score (nSPS) is 12.6. The molecule has 0 aliphatic rings. The van der Waals surface area contributed by atoms with Crippen LogP contribution in [0.3, 0.4) is 0 Å².